The summed E-state index contributed by atoms with van der Waals surface area (Å²) in [7, 11) is 0. The summed E-state index contributed by atoms with van der Waals surface area (Å²) >= 11 is 0. The molecule has 0 aliphatic heterocycles. The lowest BCUT2D eigenvalue weighted by molar-refractivity contribution is -0.385. The van der Waals surface area contributed by atoms with Crippen LogP contribution in [0.4, 0.5) is 11.4 Å². The maximum absolute atomic E-state index is 12.7. The second kappa shape index (κ2) is 7.20. The van der Waals surface area contributed by atoms with E-state index in [0.717, 1.165) is 16.6 Å². The monoisotopic (exact) mass is 387 g/mol. The van der Waals surface area contributed by atoms with Crippen LogP contribution >= 0.6 is 0 Å². The molecule has 29 heavy (non-hydrogen) atoms. The molecule has 0 aliphatic carbocycles. The lowest BCUT2D eigenvalue weighted by atomic mass is 10.1. The minimum atomic E-state index is -0.571. The number of carbonyl (C=O) groups excluding carboxylic acids is 1. The normalized spacial score (nSPS) is 10.8. The number of nitrogens with one attached hydrogen (secondary N) is 1. The fourth-order valence-corrected chi connectivity index (χ4v) is 3.06. The number of carbonyl (C=O) groups is 1. The Morgan fingerprint density at radius 1 is 1.07 bits per heavy atom. The topological polar surface area (TPSA) is 98.3 Å². The third-order valence-electron chi connectivity index (χ3n) is 4.62. The quantitative estimate of drug-likeness (QED) is 0.380. The molecule has 0 atom stereocenters. The molecule has 4 rings (SSSR count). The zero-order chi connectivity index (χ0) is 20.5. The van der Waals surface area contributed by atoms with Gasteiger partial charge in [0.05, 0.1) is 4.92 Å². The van der Waals surface area contributed by atoms with Gasteiger partial charge < -0.3 is 9.73 Å². The predicted molar refractivity (Wildman–Crippen MR) is 110 cm³/mol. The van der Waals surface area contributed by atoms with Gasteiger partial charge in [0.2, 0.25) is 5.89 Å². The van der Waals surface area contributed by atoms with Crippen LogP contribution in [-0.4, -0.2) is 15.8 Å². The van der Waals surface area contributed by atoms with Crippen LogP contribution in [0.2, 0.25) is 0 Å². The van der Waals surface area contributed by atoms with Gasteiger partial charge in [-0.25, -0.2) is 4.98 Å². The molecule has 0 saturated carbocycles. The van der Waals surface area contributed by atoms with E-state index in [1.165, 1.54) is 18.2 Å². The second-order valence-electron chi connectivity index (χ2n) is 6.75. The average molecular weight is 387 g/mol. The highest BCUT2D eigenvalue weighted by molar-refractivity contribution is 6.07. The molecule has 0 radical (unpaired) electrons. The van der Waals surface area contributed by atoms with Crippen molar-refractivity contribution in [1.29, 1.82) is 0 Å². The first-order valence-corrected chi connectivity index (χ1v) is 8.95. The van der Waals surface area contributed by atoms with Gasteiger partial charge in [0, 0.05) is 17.3 Å². The number of benzene rings is 3. The van der Waals surface area contributed by atoms with E-state index in [-0.39, 0.29) is 11.3 Å². The van der Waals surface area contributed by atoms with E-state index in [0.29, 0.717) is 22.7 Å². The smallest absolute Gasteiger partial charge is 0.282 e. The molecule has 1 aromatic heterocycles. The largest absolute Gasteiger partial charge is 0.436 e. The summed E-state index contributed by atoms with van der Waals surface area (Å²) in [6, 6.07) is 17.1. The molecule has 3 aromatic carbocycles. The summed E-state index contributed by atoms with van der Waals surface area (Å²) in [5.41, 5.74) is 4.30. The number of aryl methyl sites for hydroxylation is 2. The highest BCUT2D eigenvalue weighted by atomic mass is 16.6. The summed E-state index contributed by atoms with van der Waals surface area (Å²) in [6.07, 6.45) is 0. The third-order valence-corrected chi connectivity index (χ3v) is 4.62. The Bertz CT molecular complexity index is 1260. The Kier molecular flexibility index (Phi) is 4.56. The first-order chi connectivity index (χ1) is 13.9. The molecule has 4 aromatic rings. The van der Waals surface area contributed by atoms with Crippen molar-refractivity contribution in [1.82, 2.24) is 4.98 Å². The molecule has 1 N–H and O–H groups in total. The minimum Gasteiger partial charge on any atom is -0.436 e. The minimum absolute atomic E-state index is 0.000333. The molecule has 7 nitrogen and oxygen atoms in total. The predicted octanol–water partition coefficient (Wildman–Crippen LogP) is 5.27. The van der Waals surface area contributed by atoms with Gasteiger partial charge >= 0.3 is 0 Å². The summed E-state index contributed by atoms with van der Waals surface area (Å²) in [5, 5.41) is 14.0. The van der Waals surface area contributed by atoms with Gasteiger partial charge in [-0.2, -0.15) is 0 Å². The number of rotatable bonds is 4. The zero-order valence-corrected chi connectivity index (χ0v) is 15.8. The lowest BCUT2D eigenvalue weighted by Gasteiger charge is -2.10. The highest BCUT2D eigenvalue weighted by Crippen LogP contribution is 2.29. The molecule has 0 saturated heterocycles. The van der Waals surface area contributed by atoms with Gasteiger partial charge in [-0.3, -0.25) is 14.9 Å². The summed E-state index contributed by atoms with van der Waals surface area (Å²) < 4.78 is 5.86. The first-order valence-electron chi connectivity index (χ1n) is 8.95. The van der Waals surface area contributed by atoms with Crippen molar-refractivity contribution in [3.05, 3.63) is 87.5 Å². The van der Waals surface area contributed by atoms with E-state index in [1.807, 2.05) is 44.2 Å². The van der Waals surface area contributed by atoms with E-state index in [9.17, 15) is 14.9 Å². The molecule has 0 fully saturated rings. The Morgan fingerprint density at radius 3 is 2.66 bits per heavy atom. The summed E-state index contributed by atoms with van der Waals surface area (Å²) in [6.45, 7) is 3.82. The van der Waals surface area contributed by atoms with Crippen LogP contribution in [-0.2, 0) is 0 Å². The van der Waals surface area contributed by atoms with Crippen LogP contribution < -0.4 is 5.32 Å². The van der Waals surface area contributed by atoms with Gasteiger partial charge in [0.1, 0.15) is 11.1 Å². The molecule has 1 heterocycles. The van der Waals surface area contributed by atoms with Crippen LogP contribution in [0.1, 0.15) is 21.5 Å². The number of aromatic nitrogens is 1. The molecule has 7 heteroatoms. The molecule has 0 bridgehead atoms. The van der Waals surface area contributed by atoms with E-state index >= 15 is 0 Å². The molecule has 144 valence electrons. The van der Waals surface area contributed by atoms with Gasteiger partial charge in [-0.05, 0) is 55.3 Å². The first kappa shape index (κ1) is 18.4. The molecule has 0 spiro atoms. The van der Waals surface area contributed by atoms with Crippen LogP contribution in [0.5, 0.6) is 0 Å². The van der Waals surface area contributed by atoms with Gasteiger partial charge in [0.15, 0.2) is 5.58 Å². The van der Waals surface area contributed by atoms with Gasteiger partial charge in [-0.1, -0.05) is 24.3 Å². The van der Waals surface area contributed by atoms with E-state index in [4.69, 9.17) is 4.42 Å². The number of nitro benzene ring substituents is 1. The molecule has 0 unspecified atom stereocenters. The molecular weight excluding hydrogens is 370 g/mol. The van der Waals surface area contributed by atoms with Crippen LogP contribution in [0.25, 0.3) is 22.6 Å². The SMILES string of the molecule is Cc1ccc2nc(-c3ccc(C)c(NC(=O)c4ccccc4[N+](=O)[O-])c3)oc2c1. The van der Waals surface area contributed by atoms with E-state index in [1.54, 1.807) is 12.1 Å². The number of oxazole rings is 1. The Morgan fingerprint density at radius 2 is 1.86 bits per heavy atom. The average Bonchev–Trinajstić information content (AvgIpc) is 3.12. The molecular formula is C22H17N3O4. The van der Waals surface area contributed by atoms with Crippen molar-refractivity contribution >= 4 is 28.4 Å². The van der Waals surface area contributed by atoms with Crippen molar-refractivity contribution in [2.75, 3.05) is 5.32 Å². The molecule has 1 amide bonds. The number of amides is 1. The maximum atomic E-state index is 12.7. The van der Waals surface area contributed by atoms with E-state index in [2.05, 4.69) is 10.3 Å². The standard InChI is InChI=1S/C22H17N3O4/c1-13-7-10-17-20(11-13)29-22(24-17)15-9-8-14(2)18(12-15)23-21(26)16-5-3-4-6-19(16)25(27)28/h3-12H,1-2H3,(H,23,26). The van der Waals surface area contributed by atoms with Crippen molar-refractivity contribution in [2.45, 2.75) is 13.8 Å². The number of hydrogen-bond acceptors (Lipinski definition) is 5. The van der Waals surface area contributed by atoms with Crippen molar-refractivity contribution in [3.8, 4) is 11.5 Å². The van der Waals surface area contributed by atoms with Crippen LogP contribution in [0.3, 0.4) is 0 Å². The zero-order valence-electron chi connectivity index (χ0n) is 15.8. The fraction of sp³-hybridized carbons (Fsp3) is 0.0909. The number of nitro groups is 1. The highest BCUT2D eigenvalue weighted by Gasteiger charge is 2.20. The Balaban J connectivity index is 1.68. The van der Waals surface area contributed by atoms with Crippen molar-refractivity contribution in [2.24, 2.45) is 0 Å². The number of hydrogen-bond donors (Lipinski definition) is 1. The maximum Gasteiger partial charge on any atom is 0.282 e. The van der Waals surface area contributed by atoms with E-state index < -0.39 is 10.8 Å². The Hall–Kier alpha value is -4.00. The third kappa shape index (κ3) is 3.58. The van der Waals surface area contributed by atoms with Gasteiger partial charge in [-0.15, -0.1) is 0 Å². The van der Waals surface area contributed by atoms with Crippen LogP contribution in [0, 0.1) is 24.0 Å². The summed E-state index contributed by atoms with van der Waals surface area (Å²) in [4.78, 5) is 27.8. The number of para-hydroxylation sites is 1. The van der Waals surface area contributed by atoms with Crippen LogP contribution in [0.15, 0.2) is 65.1 Å². The lowest BCUT2D eigenvalue weighted by Crippen LogP contribution is -2.14. The molecule has 0 aliphatic rings. The fourth-order valence-electron chi connectivity index (χ4n) is 3.06. The second-order valence-corrected chi connectivity index (χ2v) is 6.75. The van der Waals surface area contributed by atoms with Crippen molar-refractivity contribution < 1.29 is 14.1 Å². The summed E-state index contributed by atoms with van der Waals surface area (Å²) in [5.74, 6) is -0.113. The Labute approximate surface area is 166 Å². The number of fused-ring (bicyclic) bond motifs is 1. The van der Waals surface area contributed by atoms with Gasteiger partial charge in [0.25, 0.3) is 11.6 Å². The number of anilines is 1. The van der Waals surface area contributed by atoms with Crippen molar-refractivity contribution in [3.63, 3.8) is 0 Å². The number of nitrogens with zero attached hydrogens (tertiary/aromatic N) is 2.